The second-order valence-corrected chi connectivity index (χ2v) is 6.92. The van der Waals surface area contributed by atoms with Crippen molar-refractivity contribution in [2.75, 3.05) is 18.0 Å². The van der Waals surface area contributed by atoms with Crippen LogP contribution in [0.1, 0.15) is 38.5 Å². The average Bonchev–Trinajstić information content (AvgIpc) is 2.58. The fourth-order valence-corrected chi connectivity index (χ4v) is 3.60. The molecule has 1 aliphatic heterocycles. The Bertz CT molecular complexity index is 717. The largest absolute Gasteiger partial charge is 0.356 e. The lowest BCUT2D eigenvalue weighted by Gasteiger charge is -2.33. The Hall–Kier alpha value is -2.24. The monoisotopic (exact) mass is 325 g/mol. The first-order valence-corrected chi connectivity index (χ1v) is 8.88. The quantitative estimate of drug-likeness (QED) is 0.934. The van der Waals surface area contributed by atoms with Crippen LogP contribution < -0.4 is 10.2 Å². The topological polar surface area (TPSA) is 71.0 Å². The van der Waals surface area contributed by atoms with Gasteiger partial charge < -0.3 is 10.2 Å². The molecule has 0 aromatic carbocycles. The standard InChI is InChI=1S/C18H23N5O/c24-17(22-14-2-1-3-14)10-13-5-8-23(9-6-13)18-15-4-7-19-11-16(15)20-12-21-18/h4,7,11-14H,1-3,5-6,8-10H2,(H,22,24). The van der Waals surface area contributed by atoms with Crippen molar-refractivity contribution < 1.29 is 4.79 Å². The SMILES string of the molecule is O=C(CC1CCN(c2ncnc3cnccc23)CC1)NC1CCC1. The summed E-state index contributed by atoms with van der Waals surface area (Å²) in [5, 5.41) is 4.20. The summed E-state index contributed by atoms with van der Waals surface area (Å²) >= 11 is 0. The average molecular weight is 325 g/mol. The highest BCUT2D eigenvalue weighted by Gasteiger charge is 2.25. The first-order chi connectivity index (χ1) is 11.8. The second kappa shape index (κ2) is 6.71. The molecule has 0 unspecified atom stereocenters. The zero-order valence-corrected chi connectivity index (χ0v) is 13.8. The van der Waals surface area contributed by atoms with E-state index in [-0.39, 0.29) is 5.91 Å². The number of carbonyl (C=O) groups is 1. The van der Waals surface area contributed by atoms with Crippen LogP contribution in [-0.4, -0.2) is 40.0 Å². The number of amides is 1. The molecule has 1 saturated carbocycles. The van der Waals surface area contributed by atoms with E-state index in [0.717, 1.165) is 55.5 Å². The van der Waals surface area contributed by atoms with Crippen LogP contribution in [0.3, 0.4) is 0 Å². The molecule has 4 rings (SSSR count). The van der Waals surface area contributed by atoms with Gasteiger partial charge in [-0.3, -0.25) is 9.78 Å². The lowest BCUT2D eigenvalue weighted by Crippen LogP contribution is -2.41. The second-order valence-electron chi connectivity index (χ2n) is 6.92. The van der Waals surface area contributed by atoms with Crippen LogP contribution >= 0.6 is 0 Å². The summed E-state index contributed by atoms with van der Waals surface area (Å²) in [5.74, 6) is 1.70. The van der Waals surface area contributed by atoms with E-state index in [1.54, 1.807) is 18.7 Å². The highest BCUT2D eigenvalue weighted by Crippen LogP contribution is 2.28. The van der Waals surface area contributed by atoms with Gasteiger partial charge in [-0.1, -0.05) is 0 Å². The molecule has 2 aromatic heterocycles. The van der Waals surface area contributed by atoms with Gasteiger partial charge in [0.15, 0.2) is 0 Å². The molecule has 1 N–H and O–H groups in total. The zero-order chi connectivity index (χ0) is 16.4. The number of hydrogen-bond donors (Lipinski definition) is 1. The lowest BCUT2D eigenvalue weighted by atomic mass is 9.90. The molecule has 1 aliphatic carbocycles. The van der Waals surface area contributed by atoms with E-state index in [1.165, 1.54) is 6.42 Å². The minimum atomic E-state index is 0.233. The third kappa shape index (κ3) is 3.18. The van der Waals surface area contributed by atoms with Gasteiger partial charge in [0, 0.05) is 37.1 Å². The van der Waals surface area contributed by atoms with E-state index < -0.39 is 0 Å². The number of anilines is 1. The number of hydrogen-bond acceptors (Lipinski definition) is 5. The van der Waals surface area contributed by atoms with Crippen molar-refractivity contribution >= 4 is 22.6 Å². The fraction of sp³-hybridized carbons (Fsp3) is 0.556. The summed E-state index contributed by atoms with van der Waals surface area (Å²) in [6.07, 6.45) is 11.5. The first-order valence-electron chi connectivity index (χ1n) is 8.88. The van der Waals surface area contributed by atoms with Crippen LogP contribution in [0.4, 0.5) is 5.82 Å². The van der Waals surface area contributed by atoms with Crippen LogP contribution in [-0.2, 0) is 4.79 Å². The van der Waals surface area contributed by atoms with Crippen LogP contribution in [0.15, 0.2) is 24.8 Å². The van der Waals surface area contributed by atoms with Gasteiger partial charge in [-0.05, 0) is 44.1 Å². The maximum Gasteiger partial charge on any atom is 0.220 e. The summed E-state index contributed by atoms with van der Waals surface area (Å²) in [4.78, 5) is 27.3. The highest BCUT2D eigenvalue weighted by molar-refractivity contribution is 5.88. The summed E-state index contributed by atoms with van der Waals surface area (Å²) in [7, 11) is 0. The third-order valence-corrected chi connectivity index (χ3v) is 5.28. The number of piperidine rings is 1. The zero-order valence-electron chi connectivity index (χ0n) is 13.8. The van der Waals surface area contributed by atoms with E-state index in [4.69, 9.17) is 0 Å². The number of pyridine rings is 1. The number of rotatable bonds is 4. The smallest absolute Gasteiger partial charge is 0.220 e. The summed E-state index contributed by atoms with van der Waals surface area (Å²) in [6, 6.07) is 2.42. The normalized spacial score (nSPS) is 19.2. The molecule has 6 nitrogen and oxygen atoms in total. The van der Waals surface area contributed by atoms with Gasteiger partial charge in [-0.15, -0.1) is 0 Å². The van der Waals surface area contributed by atoms with Gasteiger partial charge in [0.1, 0.15) is 12.1 Å². The molecular weight excluding hydrogens is 302 g/mol. The fourth-order valence-electron chi connectivity index (χ4n) is 3.60. The lowest BCUT2D eigenvalue weighted by molar-refractivity contribution is -0.123. The van der Waals surface area contributed by atoms with E-state index >= 15 is 0 Å². The van der Waals surface area contributed by atoms with Gasteiger partial charge in [-0.25, -0.2) is 9.97 Å². The molecule has 1 saturated heterocycles. The summed E-state index contributed by atoms with van der Waals surface area (Å²) in [5.41, 5.74) is 0.879. The molecule has 2 fully saturated rings. The predicted octanol–water partition coefficient (Wildman–Crippen LogP) is 2.30. The van der Waals surface area contributed by atoms with Crippen molar-refractivity contribution in [3.05, 3.63) is 24.8 Å². The van der Waals surface area contributed by atoms with Crippen molar-refractivity contribution in [1.29, 1.82) is 0 Å². The van der Waals surface area contributed by atoms with Crippen LogP contribution in [0, 0.1) is 5.92 Å². The molecule has 0 bridgehead atoms. The Balaban J connectivity index is 1.36. The molecule has 0 spiro atoms. The maximum atomic E-state index is 12.1. The third-order valence-electron chi connectivity index (χ3n) is 5.28. The minimum absolute atomic E-state index is 0.233. The Labute approximate surface area is 141 Å². The Morgan fingerprint density at radius 2 is 2.04 bits per heavy atom. The van der Waals surface area contributed by atoms with Gasteiger partial charge in [-0.2, -0.15) is 0 Å². The van der Waals surface area contributed by atoms with E-state index in [2.05, 4.69) is 25.2 Å². The molecule has 6 heteroatoms. The maximum absolute atomic E-state index is 12.1. The molecule has 24 heavy (non-hydrogen) atoms. The van der Waals surface area contributed by atoms with Gasteiger partial charge in [0.05, 0.1) is 11.7 Å². The van der Waals surface area contributed by atoms with Gasteiger partial charge in [0.2, 0.25) is 5.91 Å². The van der Waals surface area contributed by atoms with Crippen molar-refractivity contribution in [1.82, 2.24) is 20.3 Å². The van der Waals surface area contributed by atoms with Gasteiger partial charge >= 0.3 is 0 Å². The number of nitrogens with zero attached hydrogens (tertiary/aromatic N) is 4. The molecule has 0 radical (unpaired) electrons. The molecule has 3 heterocycles. The van der Waals surface area contributed by atoms with E-state index in [0.29, 0.717) is 18.4 Å². The summed E-state index contributed by atoms with van der Waals surface area (Å²) in [6.45, 7) is 1.88. The highest BCUT2D eigenvalue weighted by atomic mass is 16.1. The van der Waals surface area contributed by atoms with Gasteiger partial charge in [0.25, 0.3) is 0 Å². The number of carbonyl (C=O) groups excluding carboxylic acids is 1. The predicted molar refractivity (Wildman–Crippen MR) is 92.7 cm³/mol. The molecule has 126 valence electrons. The first kappa shape index (κ1) is 15.3. The van der Waals surface area contributed by atoms with Crippen LogP contribution in [0.25, 0.3) is 10.9 Å². The van der Waals surface area contributed by atoms with Crippen molar-refractivity contribution in [3.63, 3.8) is 0 Å². The van der Waals surface area contributed by atoms with Crippen molar-refractivity contribution in [3.8, 4) is 0 Å². The number of aromatic nitrogens is 3. The molecule has 2 aliphatic rings. The Kier molecular flexibility index (Phi) is 4.28. The Morgan fingerprint density at radius 3 is 2.79 bits per heavy atom. The van der Waals surface area contributed by atoms with E-state index in [1.807, 2.05) is 6.07 Å². The molecule has 0 atom stereocenters. The van der Waals surface area contributed by atoms with Crippen molar-refractivity contribution in [2.45, 2.75) is 44.6 Å². The number of nitrogens with one attached hydrogen (secondary N) is 1. The van der Waals surface area contributed by atoms with Crippen LogP contribution in [0.5, 0.6) is 0 Å². The minimum Gasteiger partial charge on any atom is -0.356 e. The molecular formula is C18H23N5O. The number of fused-ring (bicyclic) bond motifs is 1. The van der Waals surface area contributed by atoms with Crippen molar-refractivity contribution in [2.24, 2.45) is 5.92 Å². The molecule has 1 amide bonds. The van der Waals surface area contributed by atoms with E-state index in [9.17, 15) is 4.79 Å². The van der Waals surface area contributed by atoms with Crippen LogP contribution in [0.2, 0.25) is 0 Å². The Morgan fingerprint density at radius 1 is 1.21 bits per heavy atom. The summed E-state index contributed by atoms with van der Waals surface area (Å²) < 4.78 is 0. The molecule has 2 aromatic rings.